The first-order valence-electron chi connectivity index (χ1n) is 9.50. The lowest BCUT2D eigenvalue weighted by Gasteiger charge is -2.40. The molecule has 0 radical (unpaired) electrons. The molecule has 32 heavy (non-hydrogen) atoms. The van der Waals surface area contributed by atoms with Gasteiger partial charge < -0.3 is 34.8 Å². The van der Waals surface area contributed by atoms with E-state index in [-0.39, 0.29) is 12.1 Å². The highest BCUT2D eigenvalue weighted by atomic mass is 16.6. The van der Waals surface area contributed by atoms with Gasteiger partial charge in [-0.05, 0) is 27.2 Å². The molecule has 1 atom stereocenters. The zero-order valence-corrected chi connectivity index (χ0v) is 17.9. The van der Waals surface area contributed by atoms with Crippen molar-refractivity contribution in [1.82, 2.24) is 14.9 Å². The van der Waals surface area contributed by atoms with Gasteiger partial charge >= 0.3 is 24.0 Å². The van der Waals surface area contributed by atoms with Crippen molar-refractivity contribution in [2.24, 2.45) is 0 Å². The molecule has 13 nitrogen and oxygen atoms in total. The Bertz CT molecular complexity index is 793. The highest BCUT2D eigenvalue weighted by Gasteiger charge is 2.40. The van der Waals surface area contributed by atoms with Gasteiger partial charge in [0.2, 0.25) is 0 Å². The van der Waals surface area contributed by atoms with Crippen LogP contribution < -0.4 is 4.74 Å². The fourth-order valence-corrected chi connectivity index (χ4v) is 2.44. The van der Waals surface area contributed by atoms with Gasteiger partial charge in [-0.2, -0.15) is 0 Å². The molecule has 2 rings (SSSR count). The van der Waals surface area contributed by atoms with E-state index in [1.54, 1.807) is 17.3 Å². The number of aliphatic hydroxyl groups is 1. The second-order valence-electron chi connectivity index (χ2n) is 7.98. The maximum Gasteiger partial charge on any atom is 0.410 e. The van der Waals surface area contributed by atoms with Gasteiger partial charge in [0, 0.05) is 6.54 Å². The van der Waals surface area contributed by atoms with Crippen molar-refractivity contribution in [1.29, 1.82) is 0 Å². The Morgan fingerprint density at radius 2 is 1.59 bits per heavy atom. The largest absolute Gasteiger partial charge is 0.488 e. The smallest absolute Gasteiger partial charge is 0.410 e. The number of hydrogen-bond donors (Lipinski definition) is 4. The lowest BCUT2D eigenvalue weighted by molar-refractivity contribution is -0.170. The van der Waals surface area contributed by atoms with Crippen LogP contribution in [0.1, 0.15) is 40.0 Å². The number of carbonyl (C=O) groups is 4. The van der Waals surface area contributed by atoms with E-state index in [9.17, 15) is 19.2 Å². The summed E-state index contributed by atoms with van der Waals surface area (Å²) in [5.41, 5.74) is -3.21. The maximum absolute atomic E-state index is 11.9. The van der Waals surface area contributed by atoms with E-state index in [4.69, 9.17) is 29.9 Å². The summed E-state index contributed by atoms with van der Waals surface area (Å²) in [5, 5.41) is 33.8. The van der Waals surface area contributed by atoms with Crippen molar-refractivity contribution in [3.8, 4) is 5.75 Å². The molecule has 178 valence electrons. The molecule has 0 aromatic carbocycles. The topological polar surface area (TPSA) is 197 Å². The molecule has 0 spiro atoms. The van der Waals surface area contributed by atoms with Gasteiger partial charge in [0.15, 0.2) is 11.4 Å². The van der Waals surface area contributed by atoms with Gasteiger partial charge in [0.05, 0.1) is 31.3 Å². The molecule has 2 heterocycles. The first-order chi connectivity index (χ1) is 14.7. The number of carboxylic acids is 3. The first-order valence-corrected chi connectivity index (χ1v) is 9.50. The number of rotatable bonds is 8. The van der Waals surface area contributed by atoms with E-state index >= 15 is 0 Å². The normalized spacial score (nSPS) is 15.5. The quantitative estimate of drug-likeness (QED) is 0.425. The van der Waals surface area contributed by atoms with Crippen LogP contribution in [-0.4, -0.2) is 89.7 Å². The van der Waals surface area contributed by atoms with Crippen LogP contribution in [0.3, 0.4) is 0 Å². The van der Waals surface area contributed by atoms with E-state index in [1.807, 2.05) is 20.8 Å². The Morgan fingerprint density at radius 3 is 1.97 bits per heavy atom. The number of aromatic nitrogens is 2. The van der Waals surface area contributed by atoms with E-state index in [0.29, 0.717) is 18.9 Å². The van der Waals surface area contributed by atoms with Gasteiger partial charge in [0.25, 0.3) is 0 Å². The predicted octanol–water partition coefficient (Wildman–Crippen LogP) is 0.616. The molecule has 1 aromatic heterocycles. The van der Waals surface area contributed by atoms with Crippen molar-refractivity contribution < 1.29 is 49.1 Å². The van der Waals surface area contributed by atoms with Crippen LogP contribution in [0.2, 0.25) is 0 Å². The Kier molecular flexibility index (Phi) is 9.32. The Morgan fingerprint density at radius 1 is 1.06 bits per heavy atom. The van der Waals surface area contributed by atoms with Crippen LogP contribution in [0.15, 0.2) is 18.7 Å². The summed E-state index contributed by atoms with van der Waals surface area (Å²) in [6.45, 7) is 6.73. The van der Waals surface area contributed by atoms with Crippen molar-refractivity contribution >= 4 is 24.0 Å². The highest BCUT2D eigenvalue weighted by molar-refractivity contribution is 5.88. The van der Waals surface area contributed by atoms with Crippen LogP contribution >= 0.6 is 0 Å². The average Bonchev–Trinajstić information content (AvgIpc) is 2.59. The SMILES string of the molecule is CC(C)(C)OC(=O)N1CC[C@H]1COc1cncnc1.O=C(O)CC(O)(CC(=O)O)C(=O)O. The number of ether oxygens (including phenoxy) is 2. The summed E-state index contributed by atoms with van der Waals surface area (Å²) < 4.78 is 10.9. The monoisotopic (exact) mass is 457 g/mol. The molecule has 0 unspecified atom stereocenters. The van der Waals surface area contributed by atoms with E-state index in [1.165, 1.54) is 6.33 Å². The second kappa shape index (κ2) is 11.2. The number of carboxylic acid groups (broad SMARTS) is 3. The minimum Gasteiger partial charge on any atom is -0.488 e. The molecular weight excluding hydrogens is 430 g/mol. The van der Waals surface area contributed by atoms with Crippen molar-refractivity contribution in [3.63, 3.8) is 0 Å². The lowest BCUT2D eigenvalue weighted by atomic mass is 9.96. The van der Waals surface area contributed by atoms with E-state index < -0.39 is 42.0 Å². The summed E-state index contributed by atoms with van der Waals surface area (Å²) in [5.74, 6) is -4.41. The van der Waals surface area contributed by atoms with Gasteiger partial charge in [-0.25, -0.2) is 19.6 Å². The Balaban J connectivity index is 0.000000347. The fraction of sp³-hybridized carbons (Fsp3) is 0.579. The molecule has 1 amide bonds. The Hall–Kier alpha value is -3.48. The number of likely N-dealkylation sites (tertiary alicyclic amines) is 1. The van der Waals surface area contributed by atoms with Crippen LogP contribution in [0.25, 0.3) is 0 Å². The zero-order valence-electron chi connectivity index (χ0n) is 17.9. The van der Waals surface area contributed by atoms with Crippen LogP contribution in [0.4, 0.5) is 4.79 Å². The molecule has 1 saturated heterocycles. The molecule has 1 fully saturated rings. The number of aliphatic carboxylic acids is 3. The second-order valence-corrected chi connectivity index (χ2v) is 7.98. The van der Waals surface area contributed by atoms with E-state index in [0.717, 1.165) is 6.42 Å². The average molecular weight is 457 g/mol. The molecule has 13 heteroatoms. The Labute approximate surface area is 183 Å². The minimum absolute atomic E-state index is 0.0649. The molecule has 4 N–H and O–H groups in total. The predicted molar refractivity (Wildman–Crippen MR) is 106 cm³/mol. The molecule has 0 aliphatic carbocycles. The number of carbonyl (C=O) groups excluding carboxylic acids is 1. The van der Waals surface area contributed by atoms with Crippen LogP contribution in [-0.2, 0) is 19.1 Å². The van der Waals surface area contributed by atoms with Crippen LogP contribution in [0, 0.1) is 0 Å². The van der Waals surface area contributed by atoms with Gasteiger partial charge in [-0.3, -0.25) is 9.59 Å². The van der Waals surface area contributed by atoms with Crippen LogP contribution in [0.5, 0.6) is 5.75 Å². The number of hydrogen-bond acceptors (Lipinski definition) is 9. The van der Waals surface area contributed by atoms with Gasteiger partial charge in [-0.15, -0.1) is 0 Å². The molecular formula is C19H27N3O10. The minimum atomic E-state index is -2.74. The molecule has 1 aliphatic rings. The van der Waals surface area contributed by atoms with Gasteiger partial charge in [0.1, 0.15) is 18.5 Å². The first kappa shape index (κ1) is 26.6. The van der Waals surface area contributed by atoms with Crippen molar-refractivity contribution in [3.05, 3.63) is 18.7 Å². The highest BCUT2D eigenvalue weighted by Crippen LogP contribution is 2.22. The summed E-state index contributed by atoms with van der Waals surface area (Å²) in [4.78, 5) is 51.8. The fourth-order valence-electron chi connectivity index (χ4n) is 2.44. The summed E-state index contributed by atoms with van der Waals surface area (Å²) >= 11 is 0. The van der Waals surface area contributed by atoms with Crippen molar-refractivity contribution in [2.45, 2.75) is 57.3 Å². The number of nitrogens with zero attached hydrogens (tertiary/aromatic N) is 3. The zero-order chi connectivity index (χ0) is 24.5. The molecule has 1 aromatic rings. The lowest BCUT2D eigenvalue weighted by Crippen LogP contribution is -2.55. The third kappa shape index (κ3) is 9.12. The maximum atomic E-state index is 11.9. The third-order valence-corrected chi connectivity index (χ3v) is 4.04. The molecule has 0 bridgehead atoms. The van der Waals surface area contributed by atoms with E-state index in [2.05, 4.69) is 9.97 Å². The summed E-state index contributed by atoms with van der Waals surface area (Å²) in [7, 11) is 0. The third-order valence-electron chi connectivity index (χ3n) is 4.04. The molecule has 0 saturated carbocycles. The standard InChI is InChI=1S/C13H19N3O3.C6H8O7/c1-13(2,3)19-12(17)16-5-4-10(16)8-18-11-6-14-9-15-7-11;7-3(8)1-6(13,5(11)12)2-4(9)10/h6-7,9-10H,4-5,8H2,1-3H3;13H,1-2H2,(H,7,8)(H,9,10)(H,11,12)/t10-;/m0./s1. The summed E-state index contributed by atoms with van der Waals surface area (Å²) in [6, 6.07) is 0.0649. The summed E-state index contributed by atoms with van der Waals surface area (Å²) in [6.07, 6.45) is 3.00. The number of amides is 1. The van der Waals surface area contributed by atoms with Gasteiger partial charge in [-0.1, -0.05) is 0 Å². The molecule has 1 aliphatic heterocycles. The van der Waals surface area contributed by atoms with Crippen molar-refractivity contribution in [2.75, 3.05) is 13.2 Å².